The molecule has 1 heterocycles. The number of fused-ring (bicyclic) bond motifs is 3. The quantitative estimate of drug-likeness (QED) is 0.813. The number of carbonyl (C=O) groups excluding carboxylic acids is 1. The van der Waals surface area contributed by atoms with Gasteiger partial charge in [-0.15, -0.1) is 0 Å². The molecule has 22 heavy (non-hydrogen) atoms. The standard InChI is InChI=1S/C17H18O5/c1-19-13-6-4-5-12-16(13)14(20-2)8-10-7-11(22-17(10)12)9-15(18)21-3/h4-6,8,11H,7,9H2,1-3H3/t11-/m0/s1. The van der Waals surface area contributed by atoms with Gasteiger partial charge < -0.3 is 18.9 Å². The van der Waals surface area contributed by atoms with E-state index in [-0.39, 0.29) is 18.5 Å². The van der Waals surface area contributed by atoms with Crippen molar-refractivity contribution in [3.63, 3.8) is 0 Å². The maximum atomic E-state index is 11.5. The Labute approximate surface area is 128 Å². The second kappa shape index (κ2) is 5.75. The summed E-state index contributed by atoms with van der Waals surface area (Å²) in [4.78, 5) is 11.5. The number of rotatable bonds is 4. The van der Waals surface area contributed by atoms with Gasteiger partial charge in [-0.2, -0.15) is 0 Å². The number of hydrogen-bond donors (Lipinski definition) is 0. The summed E-state index contributed by atoms with van der Waals surface area (Å²) >= 11 is 0. The topological polar surface area (TPSA) is 54.0 Å². The third kappa shape index (κ3) is 2.32. The van der Waals surface area contributed by atoms with Crippen LogP contribution in [0.25, 0.3) is 10.8 Å². The van der Waals surface area contributed by atoms with Crippen molar-refractivity contribution in [1.82, 2.24) is 0 Å². The highest BCUT2D eigenvalue weighted by Crippen LogP contribution is 2.45. The molecule has 0 saturated heterocycles. The lowest BCUT2D eigenvalue weighted by Gasteiger charge is -2.13. The minimum Gasteiger partial charge on any atom is -0.496 e. The van der Waals surface area contributed by atoms with Gasteiger partial charge >= 0.3 is 5.97 Å². The monoisotopic (exact) mass is 302 g/mol. The van der Waals surface area contributed by atoms with E-state index in [4.69, 9.17) is 18.9 Å². The van der Waals surface area contributed by atoms with Gasteiger partial charge in [-0.05, 0) is 12.1 Å². The van der Waals surface area contributed by atoms with Crippen LogP contribution in [0.1, 0.15) is 12.0 Å². The summed E-state index contributed by atoms with van der Waals surface area (Å²) in [6.07, 6.45) is 0.691. The van der Waals surface area contributed by atoms with Crippen LogP contribution in [0.4, 0.5) is 0 Å². The molecule has 0 saturated carbocycles. The highest BCUT2D eigenvalue weighted by Gasteiger charge is 2.29. The number of hydrogen-bond acceptors (Lipinski definition) is 5. The largest absolute Gasteiger partial charge is 0.496 e. The van der Waals surface area contributed by atoms with E-state index in [9.17, 15) is 4.79 Å². The lowest BCUT2D eigenvalue weighted by atomic mass is 10.0. The number of esters is 1. The average molecular weight is 302 g/mol. The Balaban J connectivity index is 2.08. The molecule has 0 amide bonds. The van der Waals surface area contributed by atoms with Crippen LogP contribution >= 0.6 is 0 Å². The van der Waals surface area contributed by atoms with E-state index < -0.39 is 0 Å². The van der Waals surface area contributed by atoms with Crippen LogP contribution in [0.5, 0.6) is 17.2 Å². The summed E-state index contributed by atoms with van der Waals surface area (Å²) < 4.78 is 21.6. The first kappa shape index (κ1) is 14.5. The van der Waals surface area contributed by atoms with E-state index in [1.807, 2.05) is 24.3 Å². The van der Waals surface area contributed by atoms with Gasteiger partial charge in [0.25, 0.3) is 0 Å². The molecule has 0 aromatic heterocycles. The Morgan fingerprint density at radius 1 is 1.23 bits per heavy atom. The third-order valence-electron chi connectivity index (χ3n) is 3.91. The molecule has 1 aliphatic heterocycles. The van der Waals surface area contributed by atoms with Crippen LogP contribution in [0.15, 0.2) is 24.3 Å². The van der Waals surface area contributed by atoms with Crippen LogP contribution in [0.3, 0.4) is 0 Å². The molecular weight excluding hydrogens is 284 g/mol. The molecule has 3 rings (SSSR count). The zero-order valence-electron chi connectivity index (χ0n) is 12.8. The molecule has 0 aliphatic carbocycles. The third-order valence-corrected chi connectivity index (χ3v) is 3.91. The first-order valence-corrected chi connectivity index (χ1v) is 7.08. The maximum absolute atomic E-state index is 11.5. The van der Waals surface area contributed by atoms with Gasteiger partial charge in [0.15, 0.2) is 0 Å². The van der Waals surface area contributed by atoms with E-state index in [1.165, 1.54) is 7.11 Å². The van der Waals surface area contributed by atoms with Crippen molar-refractivity contribution in [1.29, 1.82) is 0 Å². The van der Waals surface area contributed by atoms with E-state index in [2.05, 4.69) is 0 Å². The summed E-state index contributed by atoms with van der Waals surface area (Å²) in [6.45, 7) is 0. The van der Waals surface area contributed by atoms with Crippen molar-refractivity contribution >= 4 is 16.7 Å². The van der Waals surface area contributed by atoms with Crippen molar-refractivity contribution in [3.05, 3.63) is 29.8 Å². The summed E-state index contributed by atoms with van der Waals surface area (Å²) in [5.74, 6) is 2.00. The van der Waals surface area contributed by atoms with Gasteiger partial charge in [0.05, 0.1) is 33.1 Å². The van der Waals surface area contributed by atoms with E-state index in [1.54, 1.807) is 14.2 Å². The van der Waals surface area contributed by atoms with Crippen LogP contribution in [-0.4, -0.2) is 33.4 Å². The molecule has 0 spiro atoms. The summed E-state index contributed by atoms with van der Waals surface area (Å²) in [7, 11) is 4.64. The minimum atomic E-state index is -0.272. The maximum Gasteiger partial charge on any atom is 0.309 e. The Hall–Kier alpha value is -2.43. The molecule has 0 N–H and O–H groups in total. The van der Waals surface area contributed by atoms with Crippen LogP contribution in [0.2, 0.25) is 0 Å². The average Bonchev–Trinajstić information content (AvgIpc) is 2.95. The molecular formula is C17H18O5. The van der Waals surface area contributed by atoms with Gasteiger partial charge in [-0.1, -0.05) is 12.1 Å². The van der Waals surface area contributed by atoms with Crippen molar-refractivity contribution in [2.75, 3.05) is 21.3 Å². The van der Waals surface area contributed by atoms with Gasteiger partial charge in [0, 0.05) is 17.4 Å². The van der Waals surface area contributed by atoms with Crippen molar-refractivity contribution < 1.29 is 23.7 Å². The van der Waals surface area contributed by atoms with Crippen molar-refractivity contribution in [3.8, 4) is 17.2 Å². The number of methoxy groups -OCH3 is 3. The fourth-order valence-corrected chi connectivity index (χ4v) is 2.90. The Bertz CT molecular complexity index is 723. The lowest BCUT2D eigenvalue weighted by Crippen LogP contribution is -2.18. The zero-order valence-corrected chi connectivity index (χ0v) is 12.8. The van der Waals surface area contributed by atoms with Crippen LogP contribution in [0, 0.1) is 0 Å². The SMILES string of the molecule is COC(=O)C[C@@H]1Cc2cc(OC)c3c(OC)cccc3c2O1. The predicted molar refractivity (Wildman–Crippen MR) is 81.8 cm³/mol. The van der Waals surface area contributed by atoms with Crippen LogP contribution in [-0.2, 0) is 16.0 Å². The molecule has 0 radical (unpaired) electrons. The molecule has 5 nitrogen and oxygen atoms in total. The Kier molecular flexibility index (Phi) is 3.79. The van der Waals surface area contributed by atoms with Crippen LogP contribution < -0.4 is 14.2 Å². The predicted octanol–water partition coefficient (Wildman–Crippen LogP) is 2.72. The second-order valence-electron chi connectivity index (χ2n) is 5.17. The molecule has 0 fully saturated rings. The molecule has 0 unspecified atom stereocenters. The van der Waals surface area contributed by atoms with E-state index in [0.29, 0.717) is 6.42 Å². The number of benzene rings is 2. The smallest absolute Gasteiger partial charge is 0.309 e. The van der Waals surface area contributed by atoms with Gasteiger partial charge in [-0.3, -0.25) is 4.79 Å². The molecule has 0 bridgehead atoms. The van der Waals surface area contributed by atoms with Gasteiger partial charge in [0.2, 0.25) is 0 Å². The fraction of sp³-hybridized carbons (Fsp3) is 0.353. The first-order chi connectivity index (χ1) is 10.7. The molecule has 1 atom stereocenters. The van der Waals surface area contributed by atoms with Gasteiger partial charge in [-0.25, -0.2) is 0 Å². The van der Waals surface area contributed by atoms with Gasteiger partial charge in [0.1, 0.15) is 23.4 Å². The van der Waals surface area contributed by atoms with Crippen molar-refractivity contribution in [2.24, 2.45) is 0 Å². The molecule has 116 valence electrons. The molecule has 5 heteroatoms. The summed E-state index contributed by atoms with van der Waals surface area (Å²) in [5, 5.41) is 1.81. The number of ether oxygens (including phenoxy) is 4. The normalized spacial score (nSPS) is 16.0. The fourth-order valence-electron chi connectivity index (χ4n) is 2.90. The minimum absolute atomic E-state index is 0.205. The summed E-state index contributed by atoms with van der Waals surface area (Å²) in [6, 6.07) is 7.73. The van der Waals surface area contributed by atoms with E-state index in [0.717, 1.165) is 33.6 Å². The zero-order chi connectivity index (χ0) is 15.7. The Morgan fingerprint density at radius 3 is 2.68 bits per heavy atom. The highest BCUT2D eigenvalue weighted by atomic mass is 16.5. The lowest BCUT2D eigenvalue weighted by molar-refractivity contribution is -0.142. The van der Waals surface area contributed by atoms with Crippen molar-refractivity contribution in [2.45, 2.75) is 18.9 Å². The highest BCUT2D eigenvalue weighted by molar-refractivity contribution is 5.99. The first-order valence-electron chi connectivity index (χ1n) is 7.08. The summed E-state index contributed by atoms with van der Waals surface area (Å²) in [5.41, 5.74) is 1.03. The van der Waals surface area contributed by atoms with E-state index >= 15 is 0 Å². The molecule has 2 aromatic rings. The molecule has 1 aliphatic rings. The molecule has 2 aromatic carbocycles. The second-order valence-corrected chi connectivity index (χ2v) is 5.17. The Morgan fingerprint density at radius 2 is 2.00 bits per heavy atom. The number of carbonyl (C=O) groups is 1.